The van der Waals surface area contributed by atoms with Gasteiger partial charge in [-0.3, -0.25) is 4.79 Å². The third kappa shape index (κ3) is 4.14. The van der Waals surface area contributed by atoms with Crippen LogP contribution in [0.5, 0.6) is 0 Å². The molecule has 2 aliphatic rings. The number of piperidine rings is 1. The smallest absolute Gasteiger partial charge is 0.270 e. The third-order valence-electron chi connectivity index (χ3n) is 5.43. The Morgan fingerprint density at radius 3 is 2.69 bits per heavy atom. The lowest BCUT2D eigenvalue weighted by atomic mass is 10.1. The Labute approximate surface area is 167 Å². The largest absolute Gasteiger partial charge is 0.351 e. The maximum atomic E-state index is 13.6. The van der Waals surface area contributed by atoms with Crippen LogP contribution >= 0.6 is 0 Å². The van der Waals surface area contributed by atoms with E-state index in [1.165, 1.54) is 24.4 Å². The number of carbonyl (C=O) groups excluding carboxylic acids is 1. The quantitative estimate of drug-likeness (QED) is 0.722. The van der Waals surface area contributed by atoms with Crippen molar-refractivity contribution in [2.75, 3.05) is 35.6 Å². The highest BCUT2D eigenvalue weighted by Gasteiger charge is 2.28. The molecule has 3 heterocycles. The predicted molar refractivity (Wildman–Crippen MR) is 108 cm³/mol. The van der Waals surface area contributed by atoms with Crippen LogP contribution in [0.1, 0.15) is 42.6 Å². The molecule has 1 fully saturated rings. The fourth-order valence-electron chi connectivity index (χ4n) is 3.64. The van der Waals surface area contributed by atoms with E-state index in [9.17, 15) is 13.6 Å². The average molecular weight is 402 g/mol. The maximum absolute atomic E-state index is 13.6. The molecule has 0 spiro atoms. The molecule has 0 atom stereocenters. The summed E-state index contributed by atoms with van der Waals surface area (Å²) in [5.41, 5.74) is 0.882. The van der Waals surface area contributed by atoms with E-state index in [2.05, 4.69) is 37.7 Å². The number of anilines is 4. The number of halogens is 2. The Balaban J connectivity index is 1.56. The minimum atomic E-state index is -3.00. The van der Waals surface area contributed by atoms with Crippen LogP contribution in [-0.4, -0.2) is 46.5 Å². The molecule has 29 heavy (non-hydrogen) atoms. The first kappa shape index (κ1) is 19.5. The molecular weight excluding hydrogens is 378 g/mol. The maximum Gasteiger partial charge on any atom is 0.270 e. The Hall–Kier alpha value is -2.81. The van der Waals surface area contributed by atoms with Crippen molar-refractivity contribution in [1.82, 2.24) is 14.9 Å². The average Bonchev–Trinajstić information content (AvgIpc) is 2.82. The molecule has 0 unspecified atom stereocenters. The van der Waals surface area contributed by atoms with E-state index >= 15 is 0 Å². The molecule has 1 aromatic heterocycles. The Kier molecular flexibility index (Phi) is 5.08. The zero-order chi connectivity index (χ0) is 20.6. The monoisotopic (exact) mass is 402 g/mol. The molecule has 2 aromatic rings. The first-order valence-corrected chi connectivity index (χ1v) is 9.80. The van der Waals surface area contributed by atoms with Crippen LogP contribution < -0.4 is 16.0 Å². The summed E-state index contributed by atoms with van der Waals surface area (Å²) in [6.45, 7) is 6.08. The molecule has 9 heteroatoms. The number of nitrogens with one attached hydrogen (secondary N) is 3. The lowest BCUT2D eigenvalue weighted by Gasteiger charge is -2.31. The van der Waals surface area contributed by atoms with E-state index < -0.39 is 11.8 Å². The van der Waals surface area contributed by atoms with Gasteiger partial charge in [0, 0.05) is 37.8 Å². The van der Waals surface area contributed by atoms with Gasteiger partial charge in [-0.25, -0.2) is 13.8 Å². The molecule has 3 N–H and O–H groups in total. The van der Waals surface area contributed by atoms with Crippen molar-refractivity contribution in [3.8, 4) is 0 Å². The van der Waals surface area contributed by atoms with Crippen molar-refractivity contribution in [2.24, 2.45) is 0 Å². The SMILES string of the molecule is CCN1CCC(Nc2ncc3c(n2)Nc2ccc(C(C)(F)F)cc2NC3=O)CC1. The van der Waals surface area contributed by atoms with Gasteiger partial charge in [0.25, 0.3) is 11.8 Å². The van der Waals surface area contributed by atoms with Crippen molar-refractivity contribution in [1.29, 1.82) is 0 Å². The molecule has 0 bridgehead atoms. The van der Waals surface area contributed by atoms with Gasteiger partial charge in [0.1, 0.15) is 11.4 Å². The number of fused-ring (bicyclic) bond motifs is 2. The second-order valence-corrected chi connectivity index (χ2v) is 7.54. The zero-order valence-electron chi connectivity index (χ0n) is 16.4. The molecular formula is C20H24F2N6O. The predicted octanol–water partition coefficient (Wildman–Crippen LogP) is 3.79. The second kappa shape index (κ2) is 7.55. The highest BCUT2D eigenvalue weighted by Crippen LogP contribution is 2.36. The third-order valence-corrected chi connectivity index (χ3v) is 5.43. The van der Waals surface area contributed by atoms with Crippen molar-refractivity contribution in [3.63, 3.8) is 0 Å². The molecule has 0 aliphatic carbocycles. The Morgan fingerprint density at radius 2 is 2.00 bits per heavy atom. The van der Waals surface area contributed by atoms with E-state index in [1.54, 1.807) is 0 Å². The van der Waals surface area contributed by atoms with E-state index in [-0.39, 0.29) is 22.9 Å². The molecule has 0 radical (unpaired) electrons. The highest BCUT2D eigenvalue weighted by molar-refractivity contribution is 6.11. The summed E-state index contributed by atoms with van der Waals surface area (Å²) in [6, 6.07) is 4.41. The van der Waals surface area contributed by atoms with E-state index in [1.807, 2.05) is 0 Å². The summed E-state index contributed by atoms with van der Waals surface area (Å²) >= 11 is 0. The Bertz CT molecular complexity index is 922. The van der Waals surface area contributed by atoms with Crippen molar-refractivity contribution in [2.45, 2.75) is 38.7 Å². The van der Waals surface area contributed by atoms with Crippen molar-refractivity contribution < 1.29 is 13.6 Å². The summed E-state index contributed by atoms with van der Waals surface area (Å²) in [6.07, 6.45) is 3.45. The van der Waals surface area contributed by atoms with Crippen molar-refractivity contribution in [3.05, 3.63) is 35.5 Å². The van der Waals surface area contributed by atoms with Gasteiger partial charge in [0.05, 0.1) is 11.4 Å². The van der Waals surface area contributed by atoms with E-state index in [0.29, 0.717) is 17.5 Å². The molecule has 1 aromatic carbocycles. The number of amides is 1. The number of likely N-dealkylation sites (tertiary alicyclic amines) is 1. The van der Waals surface area contributed by atoms with Gasteiger partial charge in [-0.1, -0.05) is 13.0 Å². The summed E-state index contributed by atoms with van der Waals surface area (Å²) in [4.78, 5) is 23.7. The molecule has 0 saturated carbocycles. The van der Waals surface area contributed by atoms with Crippen LogP contribution in [0.25, 0.3) is 0 Å². The first-order valence-electron chi connectivity index (χ1n) is 9.80. The number of alkyl halides is 2. The normalized spacial score (nSPS) is 17.6. The summed E-state index contributed by atoms with van der Waals surface area (Å²) < 4.78 is 27.3. The molecule has 7 nitrogen and oxygen atoms in total. The van der Waals surface area contributed by atoms with E-state index in [4.69, 9.17) is 0 Å². The lowest BCUT2D eigenvalue weighted by Crippen LogP contribution is -2.39. The van der Waals surface area contributed by atoms with Crippen molar-refractivity contribution >= 4 is 29.0 Å². The van der Waals surface area contributed by atoms with Crippen LogP contribution in [0.4, 0.5) is 31.9 Å². The van der Waals surface area contributed by atoms with Crippen LogP contribution in [-0.2, 0) is 5.92 Å². The first-order chi connectivity index (χ1) is 13.8. The summed E-state index contributed by atoms with van der Waals surface area (Å²) in [7, 11) is 0. The zero-order valence-corrected chi connectivity index (χ0v) is 16.4. The number of rotatable bonds is 4. The summed E-state index contributed by atoms with van der Waals surface area (Å²) in [5, 5.41) is 9.08. The summed E-state index contributed by atoms with van der Waals surface area (Å²) in [5.74, 6) is -2.64. The number of hydrogen-bond acceptors (Lipinski definition) is 6. The number of carbonyl (C=O) groups is 1. The van der Waals surface area contributed by atoms with Gasteiger partial charge in [-0.05, 0) is 31.5 Å². The minimum absolute atomic E-state index is 0.170. The molecule has 1 saturated heterocycles. The highest BCUT2D eigenvalue weighted by atomic mass is 19.3. The number of nitrogens with zero attached hydrogens (tertiary/aromatic N) is 3. The minimum Gasteiger partial charge on any atom is -0.351 e. The van der Waals surface area contributed by atoms with Gasteiger partial charge < -0.3 is 20.9 Å². The molecule has 2 aliphatic heterocycles. The van der Waals surface area contributed by atoms with Gasteiger partial charge >= 0.3 is 0 Å². The van der Waals surface area contributed by atoms with Crippen LogP contribution in [0.3, 0.4) is 0 Å². The van der Waals surface area contributed by atoms with Crippen LogP contribution in [0.15, 0.2) is 24.4 Å². The van der Waals surface area contributed by atoms with Gasteiger partial charge in [0.15, 0.2) is 0 Å². The van der Waals surface area contributed by atoms with Crippen LogP contribution in [0, 0.1) is 0 Å². The molecule has 1 amide bonds. The second-order valence-electron chi connectivity index (χ2n) is 7.54. The number of benzene rings is 1. The standard InChI is InChI=1S/C20H24F2N6O/c1-3-28-8-6-13(7-9-28)24-19-23-11-14-17(27-19)25-15-5-4-12(20(2,21)22)10-16(15)26-18(14)29/h4-5,10-11,13H,3,6-9H2,1-2H3,(H,26,29)(H2,23,24,25,27). The topological polar surface area (TPSA) is 82.2 Å². The fourth-order valence-corrected chi connectivity index (χ4v) is 3.64. The Morgan fingerprint density at radius 1 is 1.24 bits per heavy atom. The van der Waals surface area contributed by atoms with Gasteiger partial charge in [-0.2, -0.15) is 4.98 Å². The van der Waals surface area contributed by atoms with Gasteiger partial charge in [-0.15, -0.1) is 0 Å². The fraction of sp³-hybridized carbons (Fsp3) is 0.450. The molecule has 4 rings (SSSR count). The molecule has 154 valence electrons. The van der Waals surface area contributed by atoms with Gasteiger partial charge in [0.2, 0.25) is 5.95 Å². The van der Waals surface area contributed by atoms with Crippen LogP contribution in [0.2, 0.25) is 0 Å². The number of hydrogen-bond donors (Lipinski definition) is 3. The van der Waals surface area contributed by atoms with E-state index in [0.717, 1.165) is 39.4 Å². The number of aromatic nitrogens is 2. The lowest BCUT2D eigenvalue weighted by molar-refractivity contribution is 0.0175.